The summed E-state index contributed by atoms with van der Waals surface area (Å²) >= 11 is 0. The zero-order chi connectivity index (χ0) is 27.7. The van der Waals surface area contributed by atoms with Crippen LogP contribution < -0.4 is 10.1 Å². The van der Waals surface area contributed by atoms with Crippen LogP contribution in [0.4, 0.5) is 5.82 Å². The van der Waals surface area contributed by atoms with Crippen LogP contribution in [0.15, 0.2) is 47.4 Å². The van der Waals surface area contributed by atoms with Gasteiger partial charge in [0.2, 0.25) is 15.9 Å². The topological polar surface area (TPSA) is 93.5 Å². The molecule has 9 heteroatoms. The number of hydrogen-bond donors (Lipinski definition) is 1. The van der Waals surface area contributed by atoms with E-state index in [1.165, 1.54) is 4.31 Å². The molecule has 0 atom stereocenters. The molecule has 0 aliphatic heterocycles. The Morgan fingerprint density at radius 1 is 1.05 bits per heavy atom. The number of ether oxygens (including phenoxy) is 1. The first kappa shape index (κ1) is 28.4. The Balaban J connectivity index is 1.96. The van der Waals surface area contributed by atoms with Crippen molar-refractivity contribution in [1.82, 2.24) is 14.1 Å². The smallest absolute Gasteiger partial charge is 0.244 e. The van der Waals surface area contributed by atoms with Crippen LogP contribution in [0.3, 0.4) is 0 Å². The van der Waals surface area contributed by atoms with Gasteiger partial charge in [-0.1, -0.05) is 38.5 Å². The minimum absolute atomic E-state index is 0.248. The van der Waals surface area contributed by atoms with Crippen LogP contribution >= 0.6 is 0 Å². The Morgan fingerprint density at radius 2 is 1.62 bits per heavy atom. The summed E-state index contributed by atoms with van der Waals surface area (Å²) in [6, 6.07) is 12.4. The molecule has 3 rings (SSSR count). The van der Waals surface area contributed by atoms with E-state index in [-0.39, 0.29) is 16.9 Å². The second-order valence-corrected chi connectivity index (χ2v) is 12.5. The Hall–Kier alpha value is -3.17. The summed E-state index contributed by atoms with van der Waals surface area (Å²) < 4.78 is 35.6. The average molecular weight is 527 g/mol. The first-order valence-corrected chi connectivity index (χ1v) is 13.7. The lowest BCUT2D eigenvalue weighted by atomic mass is 9.92. The lowest BCUT2D eigenvalue weighted by Crippen LogP contribution is -2.43. The average Bonchev–Trinajstić information content (AvgIpc) is 3.20. The number of sulfonamides is 1. The van der Waals surface area contributed by atoms with Gasteiger partial charge in [-0.15, -0.1) is 0 Å². The molecule has 0 radical (unpaired) electrons. The summed E-state index contributed by atoms with van der Waals surface area (Å²) in [5.74, 6) is 0.718. The minimum Gasteiger partial charge on any atom is -0.497 e. The van der Waals surface area contributed by atoms with E-state index in [2.05, 4.69) is 5.32 Å². The van der Waals surface area contributed by atoms with E-state index in [1.54, 1.807) is 39.5 Å². The minimum atomic E-state index is -3.92. The van der Waals surface area contributed by atoms with E-state index in [4.69, 9.17) is 9.84 Å². The first-order valence-electron chi connectivity index (χ1n) is 12.3. The third-order valence-corrected chi connectivity index (χ3v) is 8.44. The summed E-state index contributed by atoms with van der Waals surface area (Å²) in [5.41, 5.74) is 3.59. The largest absolute Gasteiger partial charge is 0.497 e. The van der Waals surface area contributed by atoms with Gasteiger partial charge in [0.15, 0.2) is 0 Å². The van der Waals surface area contributed by atoms with Gasteiger partial charge in [0.05, 0.1) is 29.9 Å². The van der Waals surface area contributed by atoms with Gasteiger partial charge in [0, 0.05) is 17.5 Å². The number of methoxy groups -OCH3 is 1. The van der Waals surface area contributed by atoms with E-state index >= 15 is 0 Å². The molecule has 0 aliphatic carbocycles. The van der Waals surface area contributed by atoms with Crippen molar-refractivity contribution in [2.24, 2.45) is 0 Å². The molecule has 0 spiro atoms. The quantitative estimate of drug-likeness (QED) is 0.439. The third-order valence-electron chi connectivity index (χ3n) is 6.11. The molecule has 1 N–H and O–H groups in total. The summed E-state index contributed by atoms with van der Waals surface area (Å²) in [6.45, 7) is 14.8. The number of aromatic nitrogens is 2. The normalized spacial score (nSPS) is 12.3. The molecular formula is C28H38N4O4S. The number of carbonyl (C=O) groups excluding carboxylic acids is 1. The number of rotatable bonds is 8. The maximum Gasteiger partial charge on any atom is 0.244 e. The third kappa shape index (κ3) is 6.22. The van der Waals surface area contributed by atoms with Crippen LogP contribution in [0.1, 0.15) is 57.0 Å². The van der Waals surface area contributed by atoms with Crippen molar-refractivity contribution in [3.8, 4) is 11.4 Å². The molecule has 0 saturated carbocycles. The number of anilines is 1. The van der Waals surface area contributed by atoms with Crippen LogP contribution in [0.5, 0.6) is 5.75 Å². The lowest BCUT2D eigenvalue weighted by Gasteiger charge is -2.27. The standard InChI is InChI=1S/C28H38N4O4S/c1-18(2)31(37(34,35)27-20(4)14-19(3)15-21(27)5)17-26(33)29-25-16-24(28(6,7)8)30-32(25)22-10-12-23(36-9)13-11-22/h10-16,18H,17H2,1-9H3,(H,29,33). The van der Waals surface area contributed by atoms with Crippen molar-refractivity contribution in [2.45, 2.75) is 71.7 Å². The zero-order valence-corrected chi connectivity index (χ0v) is 24.0. The maximum absolute atomic E-state index is 13.7. The van der Waals surface area contributed by atoms with Gasteiger partial charge in [-0.3, -0.25) is 4.79 Å². The van der Waals surface area contributed by atoms with Crippen LogP contribution in [0, 0.1) is 20.8 Å². The fourth-order valence-electron chi connectivity index (χ4n) is 4.32. The van der Waals surface area contributed by atoms with Crippen molar-refractivity contribution in [3.05, 3.63) is 64.8 Å². The second-order valence-electron chi connectivity index (χ2n) is 10.7. The lowest BCUT2D eigenvalue weighted by molar-refractivity contribution is -0.116. The van der Waals surface area contributed by atoms with Gasteiger partial charge in [0.25, 0.3) is 0 Å². The number of nitrogens with zero attached hydrogens (tertiary/aromatic N) is 3. The highest BCUT2D eigenvalue weighted by atomic mass is 32.2. The fourth-order valence-corrected chi connectivity index (χ4v) is 6.33. The molecule has 0 saturated heterocycles. The summed E-state index contributed by atoms with van der Waals surface area (Å²) in [6.07, 6.45) is 0. The summed E-state index contributed by atoms with van der Waals surface area (Å²) in [7, 11) is -2.32. The zero-order valence-electron chi connectivity index (χ0n) is 23.2. The van der Waals surface area contributed by atoms with Gasteiger partial charge < -0.3 is 10.1 Å². The molecule has 2 aromatic carbocycles. The maximum atomic E-state index is 13.7. The van der Waals surface area contributed by atoms with Crippen molar-refractivity contribution < 1.29 is 17.9 Å². The highest BCUT2D eigenvalue weighted by Gasteiger charge is 2.32. The number of amides is 1. The van der Waals surface area contributed by atoms with Crippen molar-refractivity contribution in [2.75, 3.05) is 19.0 Å². The van der Waals surface area contributed by atoms with Crippen molar-refractivity contribution in [1.29, 1.82) is 0 Å². The highest BCUT2D eigenvalue weighted by Crippen LogP contribution is 2.29. The highest BCUT2D eigenvalue weighted by molar-refractivity contribution is 7.89. The van der Waals surface area contributed by atoms with Crippen molar-refractivity contribution in [3.63, 3.8) is 0 Å². The Morgan fingerprint density at radius 3 is 2.11 bits per heavy atom. The van der Waals surface area contributed by atoms with Gasteiger partial charge in [-0.25, -0.2) is 13.1 Å². The van der Waals surface area contributed by atoms with Gasteiger partial charge in [0.1, 0.15) is 11.6 Å². The molecule has 1 amide bonds. The number of benzene rings is 2. The van der Waals surface area contributed by atoms with Crippen LogP contribution in [-0.4, -0.2) is 48.1 Å². The Labute approximate surface area is 220 Å². The van der Waals surface area contributed by atoms with Gasteiger partial charge in [-0.2, -0.15) is 9.40 Å². The number of carbonyl (C=O) groups is 1. The number of hydrogen-bond acceptors (Lipinski definition) is 5. The van der Waals surface area contributed by atoms with Crippen LogP contribution in [-0.2, 0) is 20.2 Å². The van der Waals surface area contributed by atoms with E-state index < -0.39 is 22.0 Å². The molecule has 1 heterocycles. The van der Waals surface area contributed by atoms with Crippen LogP contribution in [0.2, 0.25) is 0 Å². The number of aryl methyl sites for hydroxylation is 3. The van der Waals surface area contributed by atoms with E-state index in [0.29, 0.717) is 22.7 Å². The number of nitrogens with one attached hydrogen (secondary N) is 1. The molecular weight excluding hydrogens is 488 g/mol. The molecule has 8 nitrogen and oxygen atoms in total. The molecule has 0 bridgehead atoms. The molecule has 1 aromatic heterocycles. The van der Waals surface area contributed by atoms with Crippen molar-refractivity contribution >= 4 is 21.7 Å². The predicted molar refractivity (Wildman–Crippen MR) is 147 cm³/mol. The van der Waals surface area contributed by atoms with E-state index in [9.17, 15) is 13.2 Å². The van der Waals surface area contributed by atoms with Gasteiger partial charge >= 0.3 is 0 Å². The van der Waals surface area contributed by atoms with Crippen LogP contribution in [0.25, 0.3) is 5.69 Å². The predicted octanol–water partition coefficient (Wildman–Crippen LogP) is 5.14. The second kappa shape index (κ2) is 10.7. The first-order chi connectivity index (χ1) is 17.1. The fraction of sp³-hybridized carbons (Fsp3) is 0.429. The molecule has 3 aromatic rings. The Bertz CT molecular complexity index is 1360. The van der Waals surface area contributed by atoms with Gasteiger partial charge in [-0.05, 0) is 70.0 Å². The SMILES string of the molecule is COc1ccc(-n2nc(C(C)(C)C)cc2NC(=O)CN(C(C)C)S(=O)(=O)c2c(C)cc(C)cc2C)cc1. The molecule has 0 aliphatic rings. The Kier molecular flexibility index (Phi) is 8.19. The molecule has 0 fully saturated rings. The summed E-state index contributed by atoms with van der Waals surface area (Å²) in [4.78, 5) is 13.5. The van der Waals surface area contributed by atoms with E-state index in [0.717, 1.165) is 16.9 Å². The molecule has 37 heavy (non-hydrogen) atoms. The van der Waals surface area contributed by atoms with E-state index in [1.807, 2.05) is 70.2 Å². The summed E-state index contributed by atoms with van der Waals surface area (Å²) in [5, 5.41) is 7.63. The monoisotopic (exact) mass is 526 g/mol. The molecule has 0 unspecified atom stereocenters. The molecule has 200 valence electrons.